The molecule has 2 aromatic rings. The Hall–Kier alpha value is -1.87. The highest BCUT2D eigenvalue weighted by atomic mass is 16.5. The molecule has 20 heavy (non-hydrogen) atoms. The van der Waals surface area contributed by atoms with E-state index in [1.54, 1.807) is 0 Å². The number of hydrogen-bond acceptors (Lipinski definition) is 3. The molecule has 1 N–H and O–H groups in total. The molecule has 104 valence electrons. The third kappa shape index (κ3) is 3.58. The monoisotopic (exact) mass is 268 g/mol. The smallest absolute Gasteiger partial charge is 0.138 e. The molecule has 0 aliphatic heterocycles. The van der Waals surface area contributed by atoms with Crippen LogP contribution >= 0.6 is 0 Å². The van der Waals surface area contributed by atoms with Crippen molar-refractivity contribution in [1.29, 1.82) is 0 Å². The van der Waals surface area contributed by atoms with Crippen LogP contribution in [0.15, 0.2) is 48.7 Å². The molecule has 3 rings (SSSR count). The lowest BCUT2D eigenvalue weighted by Crippen LogP contribution is -2.16. The SMILES string of the molecule is CC(Oc1ccc(CNC2CC2)nc1)c1ccccc1. The zero-order valence-electron chi connectivity index (χ0n) is 11.8. The lowest BCUT2D eigenvalue weighted by molar-refractivity contribution is 0.226. The number of nitrogens with one attached hydrogen (secondary N) is 1. The van der Waals surface area contributed by atoms with E-state index in [-0.39, 0.29) is 6.10 Å². The van der Waals surface area contributed by atoms with Crippen molar-refractivity contribution in [3.8, 4) is 5.75 Å². The van der Waals surface area contributed by atoms with E-state index in [1.165, 1.54) is 18.4 Å². The van der Waals surface area contributed by atoms with Crippen molar-refractivity contribution in [3.05, 3.63) is 59.9 Å². The van der Waals surface area contributed by atoms with Crippen molar-refractivity contribution >= 4 is 0 Å². The standard InChI is InChI=1S/C17H20N2O/c1-13(14-5-3-2-4-6-14)20-17-10-9-16(19-12-17)11-18-15-7-8-15/h2-6,9-10,12-13,15,18H,7-8,11H2,1H3. The second-order valence-corrected chi connectivity index (χ2v) is 5.31. The summed E-state index contributed by atoms with van der Waals surface area (Å²) in [4.78, 5) is 4.44. The highest BCUT2D eigenvalue weighted by Gasteiger charge is 2.20. The number of benzene rings is 1. The van der Waals surface area contributed by atoms with Crippen molar-refractivity contribution < 1.29 is 4.74 Å². The van der Waals surface area contributed by atoms with Crippen LogP contribution in [-0.2, 0) is 6.54 Å². The Balaban J connectivity index is 1.56. The first-order valence-electron chi connectivity index (χ1n) is 7.21. The molecule has 3 heteroatoms. The summed E-state index contributed by atoms with van der Waals surface area (Å²) in [6, 6.07) is 15.0. The van der Waals surface area contributed by atoms with E-state index in [9.17, 15) is 0 Å². The van der Waals surface area contributed by atoms with Crippen molar-refractivity contribution in [2.24, 2.45) is 0 Å². The summed E-state index contributed by atoms with van der Waals surface area (Å²) in [5, 5.41) is 3.46. The van der Waals surface area contributed by atoms with E-state index in [0.717, 1.165) is 18.0 Å². The summed E-state index contributed by atoms with van der Waals surface area (Å²) in [6.07, 6.45) is 4.45. The third-order valence-electron chi connectivity index (χ3n) is 3.53. The Kier molecular flexibility index (Phi) is 3.97. The fourth-order valence-electron chi connectivity index (χ4n) is 2.12. The zero-order chi connectivity index (χ0) is 13.8. The molecule has 1 aromatic heterocycles. The molecule has 1 saturated carbocycles. The topological polar surface area (TPSA) is 34.1 Å². The summed E-state index contributed by atoms with van der Waals surface area (Å²) in [5.41, 5.74) is 2.24. The Morgan fingerprint density at radius 2 is 2.00 bits per heavy atom. The third-order valence-corrected chi connectivity index (χ3v) is 3.53. The van der Waals surface area contributed by atoms with Gasteiger partial charge in [-0.05, 0) is 37.5 Å². The van der Waals surface area contributed by atoms with Gasteiger partial charge in [0.25, 0.3) is 0 Å². The Labute approximate surface area is 120 Å². The number of aromatic nitrogens is 1. The van der Waals surface area contributed by atoms with Crippen LogP contribution in [0.5, 0.6) is 5.75 Å². The minimum absolute atomic E-state index is 0.0356. The molecule has 1 aliphatic rings. The van der Waals surface area contributed by atoms with Gasteiger partial charge in [-0.3, -0.25) is 4.98 Å². The number of rotatable bonds is 6. The first kappa shape index (κ1) is 13.1. The van der Waals surface area contributed by atoms with E-state index in [4.69, 9.17) is 4.74 Å². The molecular formula is C17H20N2O. The van der Waals surface area contributed by atoms with Gasteiger partial charge in [0.05, 0.1) is 11.9 Å². The fourth-order valence-corrected chi connectivity index (χ4v) is 2.12. The van der Waals surface area contributed by atoms with Crippen molar-refractivity contribution in [2.75, 3.05) is 0 Å². The Morgan fingerprint density at radius 3 is 2.65 bits per heavy atom. The predicted octanol–water partition coefficient (Wildman–Crippen LogP) is 3.47. The number of nitrogens with zero attached hydrogens (tertiary/aromatic N) is 1. The van der Waals surface area contributed by atoms with Gasteiger partial charge in [0.2, 0.25) is 0 Å². The van der Waals surface area contributed by atoms with Crippen LogP contribution < -0.4 is 10.1 Å². The largest absolute Gasteiger partial charge is 0.484 e. The molecule has 1 unspecified atom stereocenters. The second kappa shape index (κ2) is 6.06. The molecule has 3 nitrogen and oxygen atoms in total. The minimum Gasteiger partial charge on any atom is -0.484 e. The van der Waals surface area contributed by atoms with Gasteiger partial charge in [-0.15, -0.1) is 0 Å². The van der Waals surface area contributed by atoms with E-state index in [2.05, 4.69) is 29.4 Å². The Bertz CT molecular complexity index is 535. The number of pyridine rings is 1. The van der Waals surface area contributed by atoms with Crippen LogP contribution in [0.25, 0.3) is 0 Å². The van der Waals surface area contributed by atoms with Gasteiger partial charge in [0.1, 0.15) is 11.9 Å². The molecule has 1 aromatic carbocycles. The van der Waals surface area contributed by atoms with Crippen molar-refractivity contribution in [2.45, 2.75) is 38.5 Å². The van der Waals surface area contributed by atoms with E-state index in [0.29, 0.717) is 6.04 Å². The summed E-state index contributed by atoms with van der Waals surface area (Å²) in [7, 11) is 0. The molecule has 0 saturated heterocycles. The van der Waals surface area contributed by atoms with Gasteiger partial charge in [0.15, 0.2) is 0 Å². The average Bonchev–Trinajstić information content (AvgIpc) is 3.32. The molecule has 1 heterocycles. The van der Waals surface area contributed by atoms with Gasteiger partial charge >= 0.3 is 0 Å². The second-order valence-electron chi connectivity index (χ2n) is 5.31. The maximum Gasteiger partial charge on any atom is 0.138 e. The van der Waals surface area contributed by atoms with Crippen LogP contribution in [0.1, 0.15) is 37.1 Å². The zero-order valence-corrected chi connectivity index (χ0v) is 11.8. The summed E-state index contributed by atoms with van der Waals surface area (Å²) >= 11 is 0. The first-order chi connectivity index (χ1) is 9.81. The fraction of sp³-hybridized carbons (Fsp3) is 0.353. The predicted molar refractivity (Wildman–Crippen MR) is 79.6 cm³/mol. The highest BCUT2D eigenvalue weighted by molar-refractivity contribution is 5.23. The van der Waals surface area contributed by atoms with Gasteiger partial charge in [-0.2, -0.15) is 0 Å². The van der Waals surface area contributed by atoms with Gasteiger partial charge in [0, 0.05) is 12.6 Å². The molecule has 0 amide bonds. The van der Waals surface area contributed by atoms with Crippen molar-refractivity contribution in [3.63, 3.8) is 0 Å². The summed E-state index contributed by atoms with van der Waals surface area (Å²) < 4.78 is 5.91. The maximum absolute atomic E-state index is 5.91. The quantitative estimate of drug-likeness (QED) is 0.871. The van der Waals surface area contributed by atoms with Gasteiger partial charge in [-0.1, -0.05) is 30.3 Å². The molecule has 1 atom stereocenters. The highest BCUT2D eigenvalue weighted by Crippen LogP contribution is 2.21. The maximum atomic E-state index is 5.91. The average molecular weight is 268 g/mol. The molecule has 1 aliphatic carbocycles. The number of ether oxygens (including phenoxy) is 1. The van der Waals surface area contributed by atoms with E-state index < -0.39 is 0 Å². The van der Waals surface area contributed by atoms with Crippen LogP contribution in [0.3, 0.4) is 0 Å². The number of hydrogen-bond donors (Lipinski definition) is 1. The molecule has 0 bridgehead atoms. The summed E-state index contributed by atoms with van der Waals surface area (Å²) in [5.74, 6) is 0.816. The lowest BCUT2D eigenvalue weighted by atomic mass is 10.1. The van der Waals surface area contributed by atoms with Crippen molar-refractivity contribution in [1.82, 2.24) is 10.3 Å². The normalized spacial score (nSPS) is 15.8. The van der Waals surface area contributed by atoms with Crippen LogP contribution in [0.4, 0.5) is 0 Å². The molecular weight excluding hydrogens is 248 g/mol. The van der Waals surface area contributed by atoms with E-state index in [1.807, 2.05) is 36.5 Å². The summed E-state index contributed by atoms with van der Waals surface area (Å²) in [6.45, 7) is 2.90. The van der Waals surface area contributed by atoms with Crippen LogP contribution in [-0.4, -0.2) is 11.0 Å². The van der Waals surface area contributed by atoms with Crippen LogP contribution in [0, 0.1) is 0 Å². The van der Waals surface area contributed by atoms with Gasteiger partial charge in [-0.25, -0.2) is 0 Å². The minimum atomic E-state index is 0.0356. The Morgan fingerprint density at radius 1 is 1.20 bits per heavy atom. The molecule has 0 spiro atoms. The molecule has 0 radical (unpaired) electrons. The van der Waals surface area contributed by atoms with Crippen LogP contribution in [0.2, 0.25) is 0 Å². The van der Waals surface area contributed by atoms with E-state index >= 15 is 0 Å². The molecule has 1 fully saturated rings. The lowest BCUT2D eigenvalue weighted by Gasteiger charge is -2.15. The van der Waals surface area contributed by atoms with Gasteiger partial charge < -0.3 is 10.1 Å². The first-order valence-corrected chi connectivity index (χ1v) is 7.21.